The van der Waals surface area contributed by atoms with Crippen LogP contribution in [0.2, 0.25) is 0 Å². The van der Waals surface area contributed by atoms with Crippen molar-refractivity contribution in [2.75, 3.05) is 13.2 Å². The van der Waals surface area contributed by atoms with Gasteiger partial charge >= 0.3 is 0 Å². The van der Waals surface area contributed by atoms with Crippen LogP contribution in [0.1, 0.15) is 32.6 Å². The Morgan fingerprint density at radius 1 is 1.38 bits per heavy atom. The number of ether oxygens (including phenoxy) is 1. The summed E-state index contributed by atoms with van der Waals surface area (Å²) >= 11 is 0. The summed E-state index contributed by atoms with van der Waals surface area (Å²) in [6.07, 6.45) is 11.9. The van der Waals surface area contributed by atoms with Gasteiger partial charge in [0.15, 0.2) is 0 Å². The molecule has 0 atom stereocenters. The molecule has 0 amide bonds. The van der Waals surface area contributed by atoms with Gasteiger partial charge in [-0.05, 0) is 25.7 Å². The summed E-state index contributed by atoms with van der Waals surface area (Å²) < 4.78 is 5.32. The lowest BCUT2D eigenvalue weighted by Gasteiger charge is -2.41. The third-order valence-electron chi connectivity index (χ3n) is 3.22. The number of rotatable bonds is 3. The molecule has 1 fully saturated rings. The zero-order chi connectivity index (χ0) is 9.15. The van der Waals surface area contributed by atoms with Crippen LogP contribution in [0.15, 0.2) is 23.8 Å². The van der Waals surface area contributed by atoms with Gasteiger partial charge in [-0.3, -0.25) is 0 Å². The van der Waals surface area contributed by atoms with Gasteiger partial charge in [-0.25, -0.2) is 0 Å². The molecule has 1 saturated heterocycles. The molecule has 0 saturated carbocycles. The summed E-state index contributed by atoms with van der Waals surface area (Å²) in [5.74, 6) is 0. The molecule has 0 bridgehead atoms. The third-order valence-corrected chi connectivity index (χ3v) is 3.22. The van der Waals surface area contributed by atoms with Crippen LogP contribution in [0.25, 0.3) is 0 Å². The van der Waals surface area contributed by atoms with Crippen molar-refractivity contribution < 1.29 is 4.74 Å². The maximum absolute atomic E-state index is 5.32. The van der Waals surface area contributed by atoms with Crippen molar-refractivity contribution in [1.82, 2.24) is 0 Å². The van der Waals surface area contributed by atoms with Crippen molar-refractivity contribution in [2.45, 2.75) is 32.6 Å². The summed E-state index contributed by atoms with van der Waals surface area (Å²) in [5.41, 5.74) is 2.00. The van der Waals surface area contributed by atoms with Crippen LogP contribution in [0.5, 0.6) is 0 Å². The van der Waals surface area contributed by atoms with Crippen LogP contribution in [-0.2, 0) is 4.74 Å². The van der Waals surface area contributed by atoms with E-state index in [1.54, 1.807) is 0 Å². The van der Waals surface area contributed by atoms with Gasteiger partial charge in [-0.1, -0.05) is 30.7 Å². The molecular formula is C12H18O. The molecule has 1 heterocycles. The molecule has 13 heavy (non-hydrogen) atoms. The fourth-order valence-electron chi connectivity index (χ4n) is 2.05. The molecule has 1 aliphatic heterocycles. The average Bonchev–Trinajstić information content (AvgIpc) is 2.13. The first kappa shape index (κ1) is 9.01. The van der Waals surface area contributed by atoms with E-state index in [1.165, 1.54) is 31.3 Å². The minimum Gasteiger partial charge on any atom is -0.380 e. The van der Waals surface area contributed by atoms with Crippen molar-refractivity contribution >= 4 is 0 Å². The van der Waals surface area contributed by atoms with Crippen molar-refractivity contribution in [2.24, 2.45) is 5.41 Å². The summed E-state index contributed by atoms with van der Waals surface area (Å²) in [4.78, 5) is 0. The van der Waals surface area contributed by atoms with Crippen LogP contribution in [-0.4, -0.2) is 13.2 Å². The van der Waals surface area contributed by atoms with Gasteiger partial charge < -0.3 is 4.74 Å². The van der Waals surface area contributed by atoms with Gasteiger partial charge in [0, 0.05) is 5.41 Å². The van der Waals surface area contributed by atoms with Gasteiger partial charge in [-0.15, -0.1) is 0 Å². The Kier molecular flexibility index (Phi) is 2.54. The van der Waals surface area contributed by atoms with Crippen molar-refractivity contribution in [1.29, 1.82) is 0 Å². The molecule has 2 aliphatic rings. The molecule has 1 aliphatic carbocycles. The zero-order valence-electron chi connectivity index (χ0n) is 8.38. The highest BCUT2D eigenvalue weighted by atomic mass is 16.5. The second-order valence-corrected chi connectivity index (χ2v) is 4.28. The molecule has 1 nitrogen and oxygen atoms in total. The van der Waals surface area contributed by atoms with E-state index in [0.29, 0.717) is 5.41 Å². The lowest BCUT2D eigenvalue weighted by molar-refractivity contribution is -0.114. The summed E-state index contributed by atoms with van der Waals surface area (Å²) in [5, 5.41) is 0. The van der Waals surface area contributed by atoms with Crippen LogP contribution < -0.4 is 0 Å². The lowest BCUT2D eigenvalue weighted by Crippen LogP contribution is -2.42. The summed E-state index contributed by atoms with van der Waals surface area (Å²) in [6, 6.07) is 0. The maximum atomic E-state index is 5.32. The first-order valence-electron chi connectivity index (χ1n) is 5.28. The Hall–Kier alpha value is -0.560. The number of hydrogen-bond acceptors (Lipinski definition) is 1. The van der Waals surface area contributed by atoms with E-state index in [4.69, 9.17) is 4.74 Å². The fourth-order valence-corrected chi connectivity index (χ4v) is 2.05. The highest BCUT2D eigenvalue weighted by Gasteiger charge is 2.36. The number of hydrogen-bond donors (Lipinski definition) is 0. The predicted molar refractivity (Wildman–Crippen MR) is 54.6 cm³/mol. The van der Waals surface area contributed by atoms with E-state index in [-0.39, 0.29) is 0 Å². The van der Waals surface area contributed by atoms with E-state index in [2.05, 4.69) is 25.2 Å². The number of allylic oxidation sites excluding steroid dienone is 4. The van der Waals surface area contributed by atoms with Gasteiger partial charge in [0.2, 0.25) is 0 Å². The zero-order valence-corrected chi connectivity index (χ0v) is 8.38. The molecule has 0 unspecified atom stereocenters. The van der Waals surface area contributed by atoms with Gasteiger partial charge in [0.1, 0.15) is 0 Å². The first-order chi connectivity index (χ1) is 6.35. The molecule has 0 N–H and O–H groups in total. The highest BCUT2D eigenvalue weighted by molar-refractivity contribution is 5.24. The molecule has 0 aromatic carbocycles. The Bertz CT molecular complexity index is 228. The van der Waals surface area contributed by atoms with Crippen molar-refractivity contribution in [3.8, 4) is 0 Å². The quantitative estimate of drug-likeness (QED) is 0.645. The molecule has 0 radical (unpaired) electrons. The SMILES string of the molecule is CCC1(CC2=CCCC=C2)COC1. The fraction of sp³-hybridized carbons (Fsp3) is 0.667. The van der Waals surface area contributed by atoms with Crippen LogP contribution in [0.3, 0.4) is 0 Å². The van der Waals surface area contributed by atoms with Crippen LogP contribution in [0, 0.1) is 5.41 Å². The van der Waals surface area contributed by atoms with E-state index in [9.17, 15) is 0 Å². The van der Waals surface area contributed by atoms with E-state index in [0.717, 1.165) is 13.2 Å². The average molecular weight is 178 g/mol. The van der Waals surface area contributed by atoms with Gasteiger partial charge in [0.05, 0.1) is 13.2 Å². The Morgan fingerprint density at radius 2 is 2.23 bits per heavy atom. The molecular weight excluding hydrogens is 160 g/mol. The standard InChI is InChI=1S/C12H18O/c1-2-12(9-13-10-12)8-11-6-4-3-5-7-11/h4,6-7H,2-3,5,8-10H2,1H3. The molecule has 0 spiro atoms. The molecule has 0 aromatic rings. The second kappa shape index (κ2) is 3.67. The topological polar surface area (TPSA) is 9.23 Å². The molecule has 2 rings (SSSR count). The summed E-state index contributed by atoms with van der Waals surface area (Å²) in [6.45, 7) is 4.21. The van der Waals surface area contributed by atoms with Crippen molar-refractivity contribution in [3.05, 3.63) is 23.8 Å². The molecule has 1 heteroatoms. The smallest absolute Gasteiger partial charge is 0.0547 e. The first-order valence-corrected chi connectivity index (χ1v) is 5.28. The predicted octanol–water partition coefficient (Wildman–Crippen LogP) is 3.08. The van der Waals surface area contributed by atoms with E-state index >= 15 is 0 Å². The van der Waals surface area contributed by atoms with Gasteiger partial charge in [0.25, 0.3) is 0 Å². The summed E-state index contributed by atoms with van der Waals surface area (Å²) in [7, 11) is 0. The van der Waals surface area contributed by atoms with Crippen molar-refractivity contribution in [3.63, 3.8) is 0 Å². The third kappa shape index (κ3) is 1.86. The largest absolute Gasteiger partial charge is 0.380 e. The minimum absolute atomic E-state index is 0.480. The van der Waals surface area contributed by atoms with E-state index < -0.39 is 0 Å². The molecule has 0 aromatic heterocycles. The monoisotopic (exact) mass is 178 g/mol. The van der Waals surface area contributed by atoms with Crippen LogP contribution >= 0.6 is 0 Å². The van der Waals surface area contributed by atoms with Gasteiger partial charge in [-0.2, -0.15) is 0 Å². The second-order valence-electron chi connectivity index (χ2n) is 4.28. The lowest BCUT2D eigenvalue weighted by atomic mass is 9.76. The Labute approximate surface area is 80.5 Å². The minimum atomic E-state index is 0.480. The van der Waals surface area contributed by atoms with Crippen LogP contribution in [0.4, 0.5) is 0 Å². The highest BCUT2D eigenvalue weighted by Crippen LogP contribution is 2.38. The van der Waals surface area contributed by atoms with E-state index in [1.807, 2.05) is 0 Å². The Morgan fingerprint density at radius 3 is 2.69 bits per heavy atom. The Balaban J connectivity index is 1.95. The maximum Gasteiger partial charge on any atom is 0.0547 e. The normalized spacial score (nSPS) is 25.2. The molecule has 72 valence electrons.